The van der Waals surface area contributed by atoms with E-state index in [-0.39, 0.29) is 5.91 Å². The van der Waals surface area contributed by atoms with Crippen molar-refractivity contribution in [3.63, 3.8) is 0 Å². The Bertz CT molecular complexity index is 1270. The summed E-state index contributed by atoms with van der Waals surface area (Å²) in [5.74, 6) is -0.261. The molecule has 0 aliphatic heterocycles. The SMILES string of the molecule is Cc1cccc(C(=O)N/N=C\c2ccc(OC(=O)c3cccc4ccccc34)cc2)c1. The van der Waals surface area contributed by atoms with E-state index < -0.39 is 5.97 Å². The summed E-state index contributed by atoms with van der Waals surface area (Å²) in [5, 5.41) is 5.82. The lowest BCUT2D eigenvalue weighted by Crippen LogP contribution is -2.17. The number of hydrogen-bond donors (Lipinski definition) is 1. The molecule has 0 atom stereocenters. The van der Waals surface area contributed by atoms with Gasteiger partial charge < -0.3 is 4.74 Å². The molecule has 152 valence electrons. The second kappa shape index (κ2) is 9.05. The Hall–Kier alpha value is -4.25. The maximum absolute atomic E-state index is 12.6. The smallest absolute Gasteiger partial charge is 0.344 e. The van der Waals surface area contributed by atoms with Crippen LogP contribution in [0.25, 0.3) is 10.8 Å². The topological polar surface area (TPSA) is 67.8 Å². The van der Waals surface area contributed by atoms with Crippen LogP contribution in [0.4, 0.5) is 0 Å². The van der Waals surface area contributed by atoms with Crippen LogP contribution in [0.15, 0.2) is 96.1 Å². The normalized spacial score (nSPS) is 10.9. The summed E-state index contributed by atoms with van der Waals surface area (Å²) in [5.41, 5.74) is 5.33. The molecular formula is C26H20N2O3. The van der Waals surface area contributed by atoms with Crippen molar-refractivity contribution in [2.75, 3.05) is 0 Å². The van der Waals surface area contributed by atoms with E-state index in [9.17, 15) is 9.59 Å². The van der Waals surface area contributed by atoms with Crippen LogP contribution >= 0.6 is 0 Å². The van der Waals surface area contributed by atoms with Gasteiger partial charge in [0.25, 0.3) is 5.91 Å². The van der Waals surface area contributed by atoms with Crippen molar-refractivity contribution in [1.29, 1.82) is 0 Å². The van der Waals surface area contributed by atoms with Crippen LogP contribution in [0.2, 0.25) is 0 Å². The van der Waals surface area contributed by atoms with Gasteiger partial charge in [-0.1, -0.05) is 54.1 Å². The van der Waals surface area contributed by atoms with Crippen molar-refractivity contribution in [3.8, 4) is 5.75 Å². The number of hydrazone groups is 1. The number of benzene rings is 4. The number of rotatable bonds is 5. The van der Waals surface area contributed by atoms with Crippen molar-refractivity contribution >= 4 is 28.9 Å². The van der Waals surface area contributed by atoms with Crippen molar-refractivity contribution in [1.82, 2.24) is 5.43 Å². The molecule has 31 heavy (non-hydrogen) atoms. The second-order valence-corrected chi connectivity index (χ2v) is 7.05. The molecule has 0 spiro atoms. The number of aryl methyl sites for hydroxylation is 1. The fraction of sp³-hybridized carbons (Fsp3) is 0.0385. The van der Waals surface area contributed by atoms with Gasteiger partial charge >= 0.3 is 5.97 Å². The van der Waals surface area contributed by atoms with Gasteiger partial charge in [0.1, 0.15) is 5.75 Å². The van der Waals surface area contributed by atoms with Gasteiger partial charge in [-0.2, -0.15) is 5.10 Å². The van der Waals surface area contributed by atoms with Crippen LogP contribution in [0.3, 0.4) is 0 Å². The molecule has 5 nitrogen and oxygen atoms in total. The molecule has 0 heterocycles. The Morgan fingerprint density at radius 3 is 2.42 bits per heavy atom. The van der Waals surface area contributed by atoms with Crippen molar-refractivity contribution in [2.24, 2.45) is 5.10 Å². The molecule has 0 bridgehead atoms. The molecule has 0 aromatic heterocycles. The highest BCUT2D eigenvalue weighted by Crippen LogP contribution is 2.21. The number of nitrogens with one attached hydrogen (secondary N) is 1. The van der Waals surface area contributed by atoms with Gasteiger partial charge in [-0.15, -0.1) is 0 Å². The molecule has 4 aromatic carbocycles. The molecule has 0 aliphatic rings. The van der Waals surface area contributed by atoms with E-state index in [1.807, 2.05) is 55.5 Å². The molecular weight excluding hydrogens is 388 g/mol. The molecule has 0 saturated carbocycles. The summed E-state index contributed by atoms with van der Waals surface area (Å²) in [4.78, 5) is 24.7. The molecule has 0 saturated heterocycles. The Kier molecular flexibility index (Phi) is 5.85. The first-order chi connectivity index (χ1) is 15.1. The molecule has 0 fully saturated rings. The Labute approximate surface area is 180 Å². The Morgan fingerprint density at radius 1 is 0.871 bits per heavy atom. The fourth-order valence-electron chi connectivity index (χ4n) is 3.20. The molecule has 0 unspecified atom stereocenters. The number of amides is 1. The first-order valence-electron chi connectivity index (χ1n) is 9.80. The maximum Gasteiger partial charge on any atom is 0.344 e. The van der Waals surface area contributed by atoms with Gasteiger partial charge in [0.15, 0.2) is 0 Å². The lowest BCUT2D eigenvalue weighted by molar-refractivity contribution is 0.0736. The zero-order valence-corrected chi connectivity index (χ0v) is 16.9. The molecule has 4 aromatic rings. The van der Waals surface area contributed by atoms with Crippen molar-refractivity contribution in [2.45, 2.75) is 6.92 Å². The maximum atomic E-state index is 12.6. The molecule has 1 amide bonds. The van der Waals surface area contributed by atoms with Gasteiger partial charge in [0.05, 0.1) is 11.8 Å². The van der Waals surface area contributed by atoms with Crippen LogP contribution in [-0.2, 0) is 0 Å². The van der Waals surface area contributed by atoms with Crippen molar-refractivity contribution < 1.29 is 14.3 Å². The minimum atomic E-state index is -0.413. The van der Waals surface area contributed by atoms with Crippen LogP contribution in [0.1, 0.15) is 31.8 Å². The first kappa shape index (κ1) is 20.0. The van der Waals surface area contributed by atoms with E-state index in [1.54, 1.807) is 42.5 Å². The third kappa shape index (κ3) is 4.85. The third-order valence-electron chi connectivity index (χ3n) is 4.76. The predicted molar refractivity (Wildman–Crippen MR) is 122 cm³/mol. The number of nitrogens with zero attached hydrogens (tertiary/aromatic N) is 1. The first-order valence-corrected chi connectivity index (χ1v) is 9.80. The van der Waals surface area contributed by atoms with Crippen LogP contribution in [0.5, 0.6) is 5.75 Å². The quantitative estimate of drug-likeness (QED) is 0.215. The Morgan fingerprint density at radius 2 is 1.61 bits per heavy atom. The zero-order valence-electron chi connectivity index (χ0n) is 16.9. The average molecular weight is 408 g/mol. The zero-order chi connectivity index (χ0) is 21.6. The number of esters is 1. The summed E-state index contributed by atoms with van der Waals surface area (Å²) in [6.07, 6.45) is 1.53. The molecule has 1 N–H and O–H groups in total. The number of fused-ring (bicyclic) bond motifs is 1. The number of carbonyl (C=O) groups is 2. The number of hydrogen-bond acceptors (Lipinski definition) is 4. The minimum Gasteiger partial charge on any atom is -0.423 e. The van der Waals surface area contributed by atoms with Gasteiger partial charge in [-0.05, 0) is 65.7 Å². The van der Waals surface area contributed by atoms with Crippen LogP contribution in [0, 0.1) is 6.92 Å². The average Bonchev–Trinajstić information content (AvgIpc) is 2.79. The molecule has 4 rings (SSSR count). The van der Waals surface area contributed by atoms with Crippen molar-refractivity contribution in [3.05, 3.63) is 113 Å². The summed E-state index contributed by atoms with van der Waals surface area (Å²) < 4.78 is 5.52. The Balaban J connectivity index is 1.39. The lowest BCUT2D eigenvalue weighted by atomic mass is 10.0. The standard InChI is InChI=1S/C26H20N2O3/c1-18-6-4-9-21(16-18)25(29)28-27-17-19-12-14-22(15-13-19)31-26(30)24-11-5-8-20-7-2-3-10-23(20)24/h2-17H,1H3,(H,28,29)/b27-17-. The number of ether oxygens (including phenoxy) is 1. The van der Waals surface area contributed by atoms with Gasteiger partial charge in [0.2, 0.25) is 0 Å². The van der Waals surface area contributed by atoms with Crippen LogP contribution in [-0.4, -0.2) is 18.1 Å². The monoisotopic (exact) mass is 408 g/mol. The summed E-state index contributed by atoms with van der Waals surface area (Å²) in [6.45, 7) is 1.93. The highest BCUT2D eigenvalue weighted by atomic mass is 16.5. The van der Waals surface area contributed by atoms with E-state index in [2.05, 4.69) is 10.5 Å². The lowest BCUT2D eigenvalue weighted by Gasteiger charge is -2.07. The predicted octanol–water partition coefficient (Wildman–Crippen LogP) is 5.13. The summed E-state index contributed by atoms with van der Waals surface area (Å²) in [6, 6.07) is 27.4. The largest absolute Gasteiger partial charge is 0.423 e. The van der Waals surface area contributed by atoms with E-state index in [0.717, 1.165) is 21.9 Å². The minimum absolute atomic E-state index is 0.277. The highest BCUT2D eigenvalue weighted by molar-refractivity contribution is 6.05. The van der Waals surface area contributed by atoms with E-state index in [1.165, 1.54) is 6.21 Å². The fourth-order valence-corrected chi connectivity index (χ4v) is 3.20. The summed E-state index contributed by atoms with van der Waals surface area (Å²) in [7, 11) is 0. The molecule has 0 radical (unpaired) electrons. The number of carbonyl (C=O) groups excluding carboxylic acids is 2. The van der Waals surface area contributed by atoms with E-state index >= 15 is 0 Å². The van der Waals surface area contributed by atoms with Crippen LogP contribution < -0.4 is 10.2 Å². The van der Waals surface area contributed by atoms with Gasteiger partial charge in [-0.3, -0.25) is 4.79 Å². The highest BCUT2D eigenvalue weighted by Gasteiger charge is 2.12. The van der Waals surface area contributed by atoms with Gasteiger partial charge in [0, 0.05) is 5.56 Å². The van der Waals surface area contributed by atoms with E-state index in [0.29, 0.717) is 16.9 Å². The molecule has 5 heteroatoms. The molecule has 0 aliphatic carbocycles. The second-order valence-electron chi connectivity index (χ2n) is 7.05. The third-order valence-corrected chi connectivity index (χ3v) is 4.76. The van der Waals surface area contributed by atoms with E-state index in [4.69, 9.17) is 4.74 Å². The van der Waals surface area contributed by atoms with Gasteiger partial charge in [-0.25, -0.2) is 10.2 Å². The summed E-state index contributed by atoms with van der Waals surface area (Å²) >= 11 is 0.